The van der Waals surface area contributed by atoms with E-state index in [4.69, 9.17) is 5.73 Å². The number of nitrogens with two attached hydrogens (primary N) is 1. The fraction of sp³-hybridized carbons (Fsp3) is 0.636. The molecule has 74 valence electrons. The van der Waals surface area contributed by atoms with Gasteiger partial charge in [-0.2, -0.15) is 0 Å². The molecule has 2 nitrogen and oxygen atoms in total. The Hall–Kier alpha value is -0.760. The molecule has 0 amide bonds. The molecule has 0 atom stereocenters. The first kappa shape index (κ1) is 10.3. The molecule has 0 spiro atoms. The number of hydrogen-bond donors (Lipinski definition) is 2. The van der Waals surface area contributed by atoms with E-state index in [-0.39, 0.29) is 5.41 Å². The summed E-state index contributed by atoms with van der Waals surface area (Å²) in [6.07, 6.45) is 3.13. The smallest absolute Gasteiger partial charge is 0.0151 e. The number of nitrogens with one attached hydrogen (secondary N) is 1. The average molecular weight is 180 g/mol. The Bertz CT molecular complexity index is 265. The summed E-state index contributed by atoms with van der Waals surface area (Å²) >= 11 is 0. The van der Waals surface area contributed by atoms with E-state index in [2.05, 4.69) is 38.9 Å². The summed E-state index contributed by atoms with van der Waals surface area (Å²) in [6, 6.07) is 0. The lowest BCUT2D eigenvalue weighted by atomic mass is 9.85. The first-order valence-electron chi connectivity index (χ1n) is 4.80. The first-order chi connectivity index (χ1) is 5.96. The molecule has 13 heavy (non-hydrogen) atoms. The van der Waals surface area contributed by atoms with Crippen molar-refractivity contribution in [3.05, 3.63) is 23.0 Å². The summed E-state index contributed by atoms with van der Waals surface area (Å²) in [7, 11) is 0. The monoisotopic (exact) mass is 180 g/mol. The molecule has 1 rings (SSSR count). The van der Waals surface area contributed by atoms with Gasteiger partial charge in [0.05, 0.1) is 0 Å². The lowest BCUT2D eigenvalue weighted by Gasteiger charge is -2.22. The number of rotatable bonds is 3. The van der Waals surface area contributed by atoms with Gasteiger partial charge in [0, 0.05) is 11.9 Å². The number of hydrogen-bond acceptors (Lipinski definition) is 1. The Morgan fingerprint density at radius 2 is 2.00 bits per heavy atom. The van der Waals surface area contributed by atoms with Gasteiger partial charge in [-0.3, -0.25) is 0 Å². The molecule has 0 aromatic carbocycles. The van der Waals surface area contributed by atoms with Crippen molar-refractivity contribution in [3.63, 3.8) is 0 Å². The molecule has 1 aromatic heterocycles. The maximum absolute atomic E-state index is 5.71. The van der Waals surface area contributed by atoms with Crippen molar-refractivity contribution in [1.29, 1.82) is 0 Å². The summed E-state index contributed by atoms with van der Waals surface area (Å²) in [5, 5.41) is 0. The van der Waals surface area contributed by atoms with Crippen LogP contribution < -0.4 is 5.73 Å². The van der Waals surface area contributed by atoms with Crippen LogP contribution in [0.3, 0.4) is 0 Å². The van der Waals surface area contributed by atoms with Gasteiger partial charge in [-0.1, -0.05) is 13.8 Å². The van der Waals surface area contributed by atoms with Gasteiger partial charge >= 0.3 is 0 Å². The zero-order valence-electron chi connectivity index (χ0n) is 9.07. The van der Waals surface area contributed by atoms with Crippen molar-refractivity contribution < 1.29 is 0 Å². The van der Waals surface area contributed by atoms with Gasteiger partial charge in [0.1, 0.15) is 0 Å². The van der Waals surface area contributed by atoms with E-state index in [1.165, 1.54) is 16.8 Å². The van der Waals surface area contributed by atoms with Gasteiger partial charge in [0.15, 0.2) is 0 Å². The van der Waals surface area contributed by atoms with Crippen LogP contribution in [0.25, 0.3) is 0 Å². The van der Waals surface area contributed by atoms with Crippen molar-refractivity contribution in [3.8, 4) is 0 Å². The van der Waals surface area contributed by atoms with Crippen molar-refractivity contribution in [2.45, 2.75) is 34.1 Å². The maximum atomic E-state index is 5.71. The van der Waals surface area contributed by atoms with Crippen molar-refractivity contribution in [1.82, 2.24) is 4.98 Å². The van der Waals surface area contributed by atoms with Gasteiger partial charge in [-0.15, -0.1) is 0 Å². The van der Waals surface area contributed by atoms with Crippen LogP contribution in [0.1, 0.15) is 30.7 Å². The van der Waals surface area contributed by atoms with Crippen LogP contribution in [0.4, 0.5) is 0 Å². The third-order valence-corrected chi connectivity index (χ3v) is 2.64. The van der Waals surface area contributed by atoms with Crippen LogP contribution in [0, 0.1) is 19.3 Å². The molecular weight excluding hydrogens is 160 g/mol. The normalized spacial score (nSPS) is 12.1. The van der Waals surface area contributed by atoms with Crippen molar-refractivity contribution in [2.24, 2.45) is 11.1 Å². The largest absolute Gasteiger partial charge is 0.365 e. The summed E-state index contributed by atoms with van der Waals surface area (Å²) in [5.41, 5.74) is 9.97. The Kier molecular flexibility index (Phi) is 2.81. The summed E-state index contributed by atoms with van der Waals surface area (Å²) in [6.45, 7) is 9.41. The number of aromatic nitrogens is 1. The molecule has 0 bridgehead atoms. The zero-order chi connectivity index (χ0) is 10.1. The van der Waals surface area contributed by atoms with Gasteiger partial charge in [-0.25, -0.2) is 0 Å². The standard InChI is InChI=1S/C11H20N2/c1-8-6-13-9(2)10(8)5-11(3,4)7-12/h6,13H,5,7,12H2,1-4H3. The van der Waals surface area contributed by atoms with Gasteiger partial charge < -0.3 is 10.7 Å². The van der Waals surface area contributed by atoms with E-state index >= 15 is 0 Å². The SMILES string of the molecule is Cc1c[nH]c(C)c1CC(C)(C)CN. The van der Waals surface area contributed by atoms with E-state index in [1.54, 1.807) is 0 Å². The summed E-state index contributed by atoms with van der Waals surface area (Å²) < 4.78 is 0. The second-order valence-corrected chi connectivity index (χ2v) is 4.62. The van der Waals surface area contributed by atoms with E-state index in [9.17, 15) is 0 Å². The van der Waals surface area contributed by atoms with Crippen LogP contribution in [-0.2, 0) is 6.42 Å². The van der Waals surface area contributed by atoms with Gasteiger partial charge in [0.2, 0.25) is 0 Å². The van der Waals surface area contributed by atoms with Crippen LogP contribution >= 0.6 is 0 Å². The predicted octanol–water partition coefficient (Wildman–Crippen LogP) is 2.16. The maximum Gasteiger partial charge on any atom is 0.0151 e. The second kappa shape index (κ2) is 3.54. The highest BCUT2D eigenvalue weighted by atomic mass is 14.7. The van der Waals surface area contributed by atoms with Crippen LogP contribution in [-0.4, -0.2) is 11.5 Å². The molecule has 3 N–H and O–H groups in total. The van der Waals surface area contributed by atoms with Crippen molar-refractivity contribution >= 4 is 0 Å². The highest BCUT2D eigenvalue weighted by Gasteiger charge is 2.19. The topological polar surface area (TPSA) is 41.8 Å². The molecule has 0 saturated carbocycles. The minimum atomic E-state index is 0.206. The minimum Gasteiger partial charge on any atom is -0.365 e. The quantitative estimate of drug-likeness (QED) is 0.735. The molecule has 2 heteroatoms. The van der Waals surface area contributed by atoms with E-state index in [1.807, 2.05) is 0 Å². The second-order valence-electron chi connectivity index (χ2n) is 4.62. The van der Waals surface area contributed by atoms with Crippen molar-refractivity contribution in [2.75, 3.05) is 6.54 Å². The van der Waals surface area contributed by atoms with Gasteiger partial charge in [0.25, 0.3) is 0 Å². The molecular formula is C11H20N2. The fourth-order valence-electron chi connectivity index (χ4n) is 1.51. The third kappa shape index (κ3) is 2.34. The molecule has 0 aliphatic carbocycles. The molecule has 0 fully saturated rings. The first-order valence-corrected chi connectivity index (χ1v) is 4.80. The number of H-pyrrole nitrogens is 1. The lowest BCUT2D eigenvalue weighted by molar-refractivity contribution is 0.375. The highest BCUT2D eigenvalue weighted by molar-refractivity contribution is 5.29. The molecule has 1 aromatic rings. The highest BCUT2D eigenvalue weighted by Crippen LogP contribution is 2.24. The van der Waals surface area contributed by atoms with E-state index in [0.29, 0.717) is 0 Å². The Morgan fingerprint density at radius 3 is 2.38 bits per heavy atom. The number of aromatic amines is 1. The summed E-state index contributed by atoms with van der Waals surface area (Å²) in [5.74, 6) is 0. The molecule has 0 saturated heterocycles. The third-order valence-electron chi connectivity index (χ3n) is 2.64. The fourth-order valence-corrected chi connectivity index (χ4v) is 1.51. The van der Waals surface area contributed by atoms with Gasteiger partial charge in [-0.05, 0) is 43.4 Å². The molecule has 0 unspecified atom stereocenters. The van der Waals surface area contributed by atoms with Crippen LogP contribution in [0.2, 0.25) is 0 Å². The van der Waals surface area contributed by atoms with Crippen LogP contribution in [0.5, 0.6) is 0 Å². The minimum absolute atomic E-state index is 0.206. The number of aryl methyl sites for hydroxylation is 2. The molecule has 1 heterocycles. The molecule has 0 aliphatic rings. The Labute approximate surface area is 80.5 Å². The zero-order valence-corrected chi connectivity index (χ0v) is 9.07. The summed E-state index contributed by atoms with van der Waals surface area (Å²) in [4.78, 5) is 3.24. The predicted molar refractivity (Wildman–Crippen MR) is 56.8 cm³/mol. The average Bonchev–Trinajstić information content (AvgIpc) is 2.36. The Balaban J connectivity index is 2.85. The van der Waals surface area contributed by atoms with E-state index in [0.717, 1.165) is 13.0 Å². The Morgan fingerprint density at radius 1 is 1.38 bits per heavy atom. The van der Waals surface area contributed by atoms with E-state index < -0.39 is 0 Å². The molecule has 0 aliphatic heterocycles. The lowest BCUT2D eigenvalue weighted by Crippen LogP contribution is -2.26. The van der Waals surface area contributed by atoms with Crippen LogP contribution in [0.15, 0.2) is 6.20 Å². The molecule has 0 radical (unpaired) electrons.